The molecular weight excluding hydrogens is 146 g/mol. The Morgan fingerprint density at radius 2 is 2.45 bits per heavy atom. The van der Waals surface area contributed by atoms with Crippen molar-refractivity contribution in [1.29, 1.82) is 0 Å². The lowest BCUT2D eigenvalue weighted by Crippen LogP contribution is -2.10. The lowest BCUT2D eigenvalue weighted by Gasteiger charge is -2.04. The summed E-state index contributed by atoms with van der Waals surface area (Å²) in [6.45, 7) is 3.57. The van der Waals surface area contributed by atoms with Gasteiger partial charge in [-0.2, -0.15) is 0 Å². The van der Waals surface area contributed by atoms with Crippen LogP contribution in [-0.4, -0.2) is 17.2 Å². The standard InChI is InChI=1S/C7H9NO3/c1-5(2)11-7(9)6-3-8-10-4-6/h3-5H,1-2H3. The number of esters is 1. The van der Waals surface area contributed by atoms with Gasteiger partial charge in [0.1, 0.15) is 11.8 Å². The predicted molar refractivity (Wildman–Crippen MR) is 37.1 cm³/mol. The first-order valence-electron chi connectivity index (χ1n) is 3.30. The van der Waals surface area contributed by atoms with Gasteiger partial charge in [-0.15, -0.1) is 0 Å². The molecule has 1 aromatic rings. The summed E-state index contributed by atoms with van der Waals surface area (Å²) in [5, 5.41) is 3.37. The highest BCUT2D eigenvalue weighted by Gasteiger charge is 2.10. The van der Waals surface area contributed by atoms with Gasteiger partial charge in [0.15, 0.2) is 0 Å². The smallest absolute Gasteiger partial charge is 0.343 e. The lowest BCUT2D eigenvalue weighted by molar-refractivity contribution is 0.0377. The maximum absolute atomic E-state index is 11.0. The summed E-state index contributed by atoms with van der Waals surface area (Å²) in [5.74, 6) is -0.402. The van der Waals surface area contributed by atoms with Gasteiger partial charge in [0.2, 0.25) is 0 Å². The van der Waals surface area contributed by atoms with Crippen molar-refractivity contribution in [3.63, 3.8) is 0 Å². The fourth-order valence-corrected chi connectivity index (χ4v) is 0.588. The van der Waals surface area contributed by atoms with Crippen LogP contribution in [0.3, 0.4) is 0 Å². The molecule has 0 saturated heterocycles. The lowest BCUT2D eigenvalue weighted by atomic mass is 10.4. The Morgan fingerprint density at radius 1 is 1.73 bits per heavy atom. The molecule has 0 aliphatic heterocycles. The van der Waals surface area contributed by atoms with Gasteiger partial charge >= 0.3 is 5.97 Å². The Morgan fingerprint density at radius 3 is 2.91 bits per heavy atom. The number of nitrogens with zero attached hydrogens (tertiary/aromatic N) is 1. The van der Waals surface area contributed by atoms with Gasteiger partial charge in [-0.05, 0) is 13.8 Å². The van der Waals surface area contributed by atoms with Gasteiger partial charge in [-0.1, -0.05) is 5.16 Å². The molecule has 1 rings (SSSR count). The molecule has 4 nitrogen and oxygen atoms in total. The molecule has 0 N–H and O–H groups in total. The first-order chi connectivity index (χ1) is 5.20. The molecule has 0 fully saturated rings. The average molecular weight is 155 g/mol. The van der Waals surface area contributed by atoms with Crippen LogP contribution in [0.1, 0.15) is 24.2 Å². The van der Waals surface area contributed by atoms with E-state index in [1.807, 2.05) is 0 Å². The van der Waals surface area contributed by atoms with Crippen LogP contribution in [-0.2, 0) is 4.74 Å². The molecule has 60 valence electrons. The highest BCUT2D eigenvalue weighted by molar-refractivity contribution is 5.88. The minimum atomic E-state index is -0.402. The molecule has 0 aliphatic carbocycles. The van der Waals surface area contributed by atoms with E-state index in [1.54, 1.807) is 13.8 Å². The molecule has 4 heteroatoms. The van der Waals surface area contributed by atoms with Crippen LogP contribution in [0.25, 0.3) is 0 Å². The van der Waals surface area contributed by atoms with Crippen LogP contribution in [0.5, 0.6) is 0 Å². The fraction of sp³-hybridized carbons (Fsp3) is 0.429. The third-order valence-electron chi connectivity index (χ3n) is 1.01. The normalized spacial score (nSPS) is 10.1. The van der Waals surface area contributed by atoms with Crippen molar-refractivity contribution in [2.45, 2.75) is 20.0 Å². The third-order valence-corrected chi connectivity index (χ3v) is 1.01. The molecule has 1 heterocycles. The predicted octanol–water partition coefficient (Wildman–Crippen LogP) is 1.24. The van der Waals surface area contributed by atoms with Crippen molar-refractivity contribution in [2.75, 3.05) is 0 Å². The number of hydrogen-bond acceptors (Lipinski definition) is 4. The van der Waals surface area contributed by atoms with Crippen LogP contribution in [0, 0.1) is 0 Å². The van der Waals surface area contributed by atoms with Crippen molar-refractivity contribution in [2.24, 2.45) is 0 Å². The van der Waals surface area contributed by atoms with Crippen LogP contribution < -0.4 is 0 Å². The van der Waals surface area contributed by atoms with E-state index in [9.17, 15) is 4.79 Å². The monoisotopic (exact) mass is 155 g/mol. The fourth-order valence-electron chi connectivity index (χ4n) is 0.588. The van der Waals surface area contributed by atoms with Crippen molar-refractivity contribution >= 4 is 5.97 Å². The van der Waals surface area contributed by atoms with Crippen molar-refractivity contribution in [1.82, 2.24) is 5.16 Å². The summed E-state index contributed by atoms with van der Waals surface area (Å²) in [6, 6.07) is 0. The zero-order valence-electron chi connectivity index (χ0n) is 6.40. The van der Waals surface area contributed by atoms with E-state index in [1.165, 1.54) is 12.5 Å². The molecule has 0 radical (unpaired) electrons. The van der Waals surface area contributed by atoms with Crippen LogP contribution >= 0.6 is 0 Å². The maximum Gasteiger partial charge on any atom is 0.343 e. The Hall–Kier alpha value is -1.32. The molecule has 11 heavy (non-hydrogen) atoms. The van der Waals surface area contributed by atoms with Crippen molar-refractivity contribution < 1.29 is 14.1 Å². The van der Waals surface area contributed by atoms with E-state index < -0.39 is 5.97 Å². The topological polar surface area (TPSA) is 52.3 Å². The molecule has 0 amide bonds. The summed E-state index contributed by atoms with van der Waals surface area (Å²) in [4.78, 5) is 11.0. The molecule has 1 aromatic heterocycles. The summed E-state index contributed by atoms with van der Waals surface area (Å²) in [5.41, 5.74) is 0.346. The van der Waals surface area contributed by atoms with Crippen LogP contribution in [0.2, 0.25) is 0 Å². The van der Waals surface area contributed by atoms with E-state index in [0.29, 0.717) is 5.56 Å². The van der Waals surface area contributed by atoms with Gasteiger partial charge < -0.3 is 9.26 Å². The molecule has 0 saturated carbocycles. The first-order valence-corrected chi connectivity index (χ1v) is 3.30. The summed E-state index contributed by atoms with van der Waals surface area (Å²) >= 11 is 0. The molecule has 0 bridgehead atoms. The summed E-state index contributed by atoms with van der Waals surface area (Å²) in [7, 11) is 0. The number of rotatable bonds is 2. The Bertz CT molecular complexity index is 228. The van der Waals surface area contributed by atoms with Crippen LogP contribution in [0.4, 0.5) is 0 Å². The molecule has 0 aliphatic rings. The highest BCUT2D eigenvalue weighted by Crippen LogP contribution is 2.01. The van der Waals surface area contributed by atoms with Gasteiger partial charge in [-0.25, -0.2) is 4.79 Å². The molecule has 0 atom stereocenters. The van der Waals surface area contributed by atoms with Gasteiger partial charge in [0, 0.05) is 0 Å². The highest BCUT2D eigenvalue weighted by atomic mass is 16.5. The third kappa shape index (κ3) is 2.07. The molecule has 0 spiro atoms. The Kier molecular flexibility index (Phi) is 2.25. The van der Waals surface area contributed by atoms with Crippen molar-refractivity contribution in [3.05, 3.63) is 18.0 Å². The van der Waals surface area contributed by atoms with E-state index in [-0.39, 0.29) is 6.10 Å². The molecule has 0 aromatic carbocycles. The minimum absolute atomic E-state index is 0.114. The van der Waals surface area contributed by atoms with Crippen LogP contribution in [0.15, 0.2) is 17.0 Å². The van der Waals surface area contributed by atoms with Crippen molar-refractivity contribution in [3.8, 4) is 0 Å². The average Bonchev–Trinajstić information content (AvgIpc) is 2.35. The number of hydrogen-bond donors (Lipinski definition) is 0. The second-order valence-electron chi connectivity index (χ2n) is 2.37. The molecule has 0 unspecified atom stereocenters. The first kappa shape index (κ1) is 7.78. The number of ether oxygens (including phenoxy) is 1. The van der Waals surface area contributed by atoms with Gasteiger partial charge in [0.05, 0.1) is 12.3 Å². The SMILES string of the molecule is CC(C)OC(=O)c1cnoc1. The Labute approximate surface area is 64.1 Å². The second-order valence-corrected chi connectivity index (χ2v) is 2.37. The largest absolute Gasteiger partial charge is 0.459 e. The number of carbonyl (C=O) groups excluding carboxylic acids is 1. The minimum Gasteiger partial charge on any atom is -0.459 e. The zero-order valence-corrected chi connectivity index (χ0v) is 6.40. The van der Waals surface area contributed by atoms with E-state index in [0.717, 1.165) is 0 Å². The number of carbonyl (C=O) groups is 1. The zero-order chi connectivity index (χ0) is 8.27. The number of aromatic nitrogens is 1. The second kappa shape index (κ2) is 3.18. The maximum atomic E-state index is 11.0. The Balaban J connectivity index is 2.57. The summed E-state index contributed by atoms with van der Waals surface area (Å²) in [6.07, 6.45) is 2.47. The molecular formula is C7H9NO3. The quantitative estimate of drug-likeness (QED) is 0.603. The summed E-state index contributed by atoms with van der Waals surface area (Å²) < 4.78 is 9.32. The van der Waals surface area contributed by atoms with Gasteiger partial charge in [-0.3, -0.25) is 0 Å². The van der Waals surface area contributed by atoms with E-state index in [2.05, 4.69) is 9.68 Å². The van der Waals surface area contributed by atoms with Gasteiger partial charge in [0.25, 0.3) is 0 Å². The van der Waals surface area contributed by atoms with E-state index in [4.69, 9.17) is 4.74 Å². The van der Waals surface area contributed by atoms with E-state index >= 15 is 0 Å².